The summed E-state index contributed by atoms with van der Waals surface area (Å²) in [6.45, 7) is 1.72. The number of nitrogens with zero attached hydrogens (tertiary/aromatic N) is 1. The van der Waals surface area contributed by atoms with E-state index in [-0.39, 0.29) is 0 Å². The van der Waals surface area contributed by atoms with Gasteiger partial charge < -0.3 is 10.2 Å². The van der Waals surface area contributed by atoms with E-state index in [9.17, 15) is 4.79 Å². The third kappa shape index (κ3) is 2.57. The predicted octanol–water partition coefficient (Wildman–Crippen LogP) is 1.49. The first-order valence-electron chi connectivity index (χ1n) is 6.59. The summed E-state index contributed by atoms with van der Waals surface area (Å²) in [6, 6.07) is 0. The number of amides is 1. The van der Waals surface area contributed by atoms with Gasteiger partial charge in [0, 0.05) is 26.6 Å². The van der Waals surface area contributed by atoms with Gasteiger partial charge in [-0.2, -0.15) is 0 Å². The molecule has 1 amide bonds. The van der Waals surface area contributed by atoms with Crippen LogP contribution in [0.5, 0.6) is 0 Å². The number of carbonyl (C=O) groups excluding carboxylic acids is 1. The molecule has 2 rings (SSSR count). The quantitative estimate of drug-likeness (QED) is 0.767. The molecule has 0 aliphatic heterocycles. The fourth-order valence-electron chi connectivity index (χ4n) is 3.41. The molecule has 0 spiro atoms. The van der Waals surface area contributed by atoms with Crippen molar-refractivity contribution in [3.63, 3.8) is 0 Å². The maximum Gasteiger partial charge on any atom is 0.222 e. The lowest BCUT2D eigenvalue weighted by Gasteiger charge is -2.24. The Balaban J connectivity index is 1.74. The summed E-state index contributed by atoms with van der Waals surface area (Å²) in [5, 5.41) is 3.08. The summed E-state index contributed by atoms with van der Waals surface area (Å²) in [5.41, 5.74) is 0. The molecule has 2 saturated carbocycles. The van der Waals surface area contributed by atoms with Crippen molar-refractivity contribution < 1.29 is 4.79 Å². The van der Waals surface area contributed by atoms with Crippen molar-refractivity contribution in [1.29, 1.82) is 0 Å². The molecule has 3 nitrogen and oxygen atoms in total. The van der Waals surface area contributed by atoms with E-state index in [2.05, 4.69) is 5.32 Å². The number of rotatable bonds is 5. The van der Waals surface area contributed by atoms with Gasteiger partial charge in [-0.05, 0) is 44.1 Å². The van der Waals surface area contributed by atoms with E-state index in [1.54, 1.807) is 0 Å². The molecule has 0 aromatic heterocycles. The van der Waals surface area contributed by atoms with Crippen LogP contribution in [-0.2, 0) is 4.79 Å². The zero-order chi connectivity index (χ0) is 11.5. The Kier molecular flexibility index (Phi) is 3.85. The molecule has 2 fully saturated rings. The first-order chi connectivity index (χ1) is 7.70. The molecule has 2 aliphatic carbocycles. The molecule has 0 aromatic rings. The van der Waals surface area contributed by atoms with Gasteiger partial charge >= 0.3 is 0 Å². The second-order valence-electron chi connectivity index (χ2n) is 5.56. The maximum absolute atomic E-state index is 12.0. The van der Waals surface area contributed by atoms with Crippen LogP contribution in [0, 0.1) is 17.8 Å². The van der Waals surface area contributed by atoms with Gasteiger partial charge in [-0.15, -0.1) is 0 Å². The Morgan fingerprint density at radius 1 is 1.38 bits per heavy atom. The number of carbonyl (C=O) groups is 1. The first-order valence-corrected chi connectivity index (χ1v) is 6.59. The number of hydrogen-bond acceptors (Lipinski definition) is 2. The van der Waals surface area contributed by atoms with Crippen molar-refractivity contribution in [2.75, 3.05) is 27.2 Å². The van der Waals surface area contributed by atoms with Gasteiger partial charge in [0.2, 0.25) is 5.91 Å². The molecule has 2 aliphatic rings. The largest absolute Gasteiger partial charge is 0.344 e. The van der Waals surface area contributed by atoms with Gasteiger partial charge in [0.1, 0.15) is 0 Å². The van der Waals surface area contributed by atoms with E-state index in [4.69, 9.17) is 0 Å². The van der Waals surface area contributed by atoms with Gasteiger partial charge in [0.25, 0.3) is 0 Å². The Labute approximate surface area is 98.6 Å². The molecule has 0 saturated heterocycles. The number of fused-ring (bicyclic) bond motifs is 2. The van der Waals surface area contributed by atoms with Crippen molar-refractivity contribution in [3.05, 3.63) is 0 Å². The van der Waals surface area contributed by atoms with E-state index in [0.717, 1.165) is 31.3 Å². The fraction of sp³-hybridized carbons (Fsp3) is 0.923. The summed E-state index contributed by atoms with van der Waals surface area (Å²) in [7, 11) is 3.85. The van der Waals surface area contributed by atoms with Crippen LogP contribution in [-0.4, -0.2) is 38.0 Å². The minimum Gasteiger partial charge on any atom is -0.344 e. The fourth-order valence-corrected chi connectivity index (χ4v) is 3.41. The Morgan fingerprint density at radius 3 is 2.75 bits per heavy atom. The summed E-state index contributed by atoms with van der Waals surface area (Å²) in [4.78, 5) is 13.9. The summed E-state index contributed by atoms with van der Waals surface area (Å²) < 4.78 is 0. The number of nitrogens with one attached hydrogen (secondary N) is 1. The second-order valence-corrected chi connectivity index (χ2v) is 5.56. The molecule has 92 valence electrons. The van der Waals surface area contributed by atoms with E-state index < -0.39 is 0 Å². The average Bonchev–Trinajstić information content (AvgIpc) is 2.87. The zero-order valence-corrected chi connectivity index (χ0v) is 10.5. The summed E-state index contributed by atoms with van der Waals surface area (Å²) >= 11 is 0. The van der Waals surface area contributed by atoms with Crippen LogP contribution in [0.2, 0.25) is 0 Å². The van der Waals surface area contributed by atoms with Crippen molar-refractivity contribution >= 4 is 5.91 Å². The molecule has 0 aromatic carbocycles. The molecular weight excluding hydrogens is 200 g/mol. The topological polar surface area (TPSA) is 32.3 Å². The van der Waals surface area contributed by atoms with Crippen LogP contribution >= 0.6 is 0 Å². The van der Waals surface area contributed by atoms with Crippen LogP contribution in [0.25, 0.3) is 0 Å². The molecule has 3 atom stereocenters. The molecule has 0 radical (unpaired) electrons. The summed E-state index contributed by atoms with van der Waals surface area (Å²) in [6.07, 6.45) is 6.31. The SMILES string of the molecule is CNCCN(C)C(=O)CC1CC2CCC1C2. The lowest BCUT2D eigenvalue weighted by molar-refractivity contribution is -0.131. The van der Waals surface area contributed by atoms with Crippen LogP contribution < -0.4 is 5.32 Å². The molecule has 1 N–H and O–H groups in total. The molecule has 3 unspecified atom stereocenters. The smallest absolute Gasteiger partial charge is 0.222 e. The van der Waals surface area contributed by atoms with Crippen LogP contribution in [0.15, 0.2) is 0 Å². The maximum atomic E-state index is 12.0. The highest BCUT2D eigenvalue weighted by Crippen LogP contribution is 2.49. The van der Waals surface area contributed by atoms with Crippen molar-refractivity contribution in [1.82, 2.24) is 10.2 Å². The lowest BCUT2D eigenvalue weighted by atomic mass is 9.86. The normalized spacial score (nSPS) is 32.0. The Bertz CT molecular complexity index is 254. The zero-order valence-electron chi connectivity index (χ0n) is 10.5. The average molecular weight is 224 g/mol. The van der Waals surface area contributed by atoms with Crippen LogP contribution in [0.3, 0.4) is 0 Å². The summed E-state index contributed by atoms with van der Waals surface area (Å²) in [5.74, 6) is 2.85. The highest BCUT2D eigenvalue weighted by Gasteiger charge is 2.40. The minimum atomic E-state index is 0.341. The minimum absolute atomic E-state index is 0.341. The van der Waals surface area contributed by atoms with Gasteiger partial charge in [0.15, 0.2) is 0 Å². The number of likely N-dealkylation sites (N-methyl/N-ethyl adjacent to an activating group) is 2. The van der Waals surface area contributed by atoms with Crippen molar-refractivity contribution in [2.45, 2.75) is 32.1 Å². The molecule has 16 heavy (non-hydrogen) atoms. The van der Waals surface area contributed by atoms with Gasteiger partial charge in [-0.25, -0.2) is 0 Å². The van der Waals surface area contributed by atoms with E-state index in [1.165, 1.54) is 25.7 Å². The van der Waals surface area contributed by atoms with E-state index >= 15 is 0 Å². The molecular formula is C13H24N2O. The van der Waals surface area contributed by atoms with Crippen LogP contribution in [0.4, 0.5) is 0 Å². The van der Waals surface area contributed by atoms with Gasteiger partial charge in [0.05, 0.1) is 0 Å². The Hall–Kier alpha value is -0.570. The monoisotopic (exact) mass is 224 g/mol. The number of hydrogen-bond donors (Lipinski definition) is 1. The standard InChI is InChI=1S/C13H24N2O/c1-14-5-6-15(2)13(16)9-12-8-10-3-4-11(12)7-10/h10-12,14H,3-9H2,1-2H3. The second kappa shape index (κ2) is 5.17. The highest BCUT2D eigenvalue weighted by molar-refractivity contribution is 5.76. The van der Waals surface area contributed by atoms with Crippen molar-refractivity contribution in [3.8, 4) is 0 Å². The van der Waals surface area contributed by atoms with Crippen molar-refractivity contribution in [2.24, 2.45) is 17.8 Å². The van der Waals surface area contributed by atoms with Crippen LogP contribution in [0.1, 0.15) is 32.1 Å². The molecule has 3 heteroatoms. The third-order valence-corrected chi connectivity index (χ3v) is 4.44. The predicted molar refractivity (Wildman–Crippen MR) is 65.1 cm³/mol. The lowest BCUT2D eigenvalue weighted by Crippen LogP contribution is -2.34. The Morgan fingerprint density at radius 2 is 2.19 bits per heavy atom. The highest BCUT2D eigenvalue weighted by atomic mass is 16.2. The van der Waals surface area contributed by atoms with E-state index in [0.29, 0.717) is 11.8 Å². The molecule has 2 bridgehead atoms. The third-order valence-electron chi connectivity index (χ3n) is 4.44. The first kappa shape index (κ1) is 11.9. The van der Waals surface area contributed by atoms with E-state index in [1.807, 2.05) is 19.0 Å². The van der Waals surface area contributed by atoms with Gasteiger partial charge in [-0.3, -0.25) is 4.79 Å². The molecule has 0 heterocycles. The van der Waals surface area contributed by atoms with Gasteiger partial charge in [-0.1, -0.05) is 6.42 Å².